The van der Waals surface area contributed by atoms with Crippen LogP contribution in [0.2, 0.25) is 0 Å². The van der Waals surface area contributed by atoms with E-state index in [2.05, 4.69) is 41.5 Å². The number of fused-ring (bicyclic) bond motifs is 1. The van der Waals surface area contributed by atoms with Gasteiger partial charge in [0, 0.05) is 0 Å². The van der Waals surface area contributed by atoms with Crippen LogP contribution in [-0.4, -0.2) is 10.7 Å². The summed E-state index contributed by atoms with van der Waals surface area (Å²) in [6, 6.07) is 0. The lowest BCUT2D eigenvalue weighted by Gasteiger charge is -2.63. The minimum absolute atomic E-state index is 0.125. The summed E-state index contributed by atoms with van der Waals surface area (Å²) < 4.78 is 0. The lowest BCUT2D eigenvalue weighted by Crippen LogP contribution is -2.62. The molecule has 0 heterocycles. The van der Waals surface area contributed by atoms with Crippen molar-refractivity contribution in [2.75, 3.05) is 0 Å². The minimum Gasteiger partial charge on any atom is -0.389 e. The van der Waals surface area contributed by atoms with E-state index in [4.69, 9.17) is 0 Å². The Morgan fingerprint density at radius 2 is 1.81 bits per heavy atom. The normalized spacial score (nSPS) is 44.1. The molecule has 0 spiro atoms. The summed E-state index contributed by atoms with van der Waals surface area (Å²) in [5.41, 5.74) is 0.0778. The van der Waals surface area contributed by atoms with E-state index in [1.807, 2.05) is 0 Å². The molecule has 21 heavy (non-hydrogen) atoms. The maximum Gasteiger partial charge on any atom is 0.0729 e. The first-order valence-corrected chi connectivity index (χ1v) is 9.40. The van der Waals surface area contributed by atoms with Crippen LogP contribution in [0.25, 0.3) is 0 Å². The molecule has 0 aromatic carbocycles. The van der Waals surface area contributed by atoms with E-state index in [0.29, 0.717) is 17.3 Å². The van der Waals surface area contributed by atoms with Gasteiger partial charge in [0.2, 0.25) is 0 Å². The highest BCUT2D eigenvalue weighted by Gasteiger charge is 2.60. The van der Waals surface area contributed by atoms with Crippen molar-refractivity contribution in [3.05, 3.63) is 0 Å². The fourth-order valence-corrected chi connectivity index (χ4v) is 5.77. The summed E-state index contributed by atoms with van der Waals surface area (Å²) in [6.45, 7) is 14.2. The van der Waals surface area contributed by atoms with E-state index in [1.165, 1.54) is 44.9 Å². The Morgan fingerprint density at radius 1 is 1.14 bits per heavy atom. The van der Waals surface area contributed by atoms with Gasteiger partial charge in [-0.25, -0.2) is 0 Å². The van der Waals surface area contributed by atoms with Crippen LogP contribution in [0.3, 0.4) is 0 Å². The predicted molar refractivity (Wildman–Crippen MR) is 91.3 cm³/mol. The van der Waals surface area contributed by atoms with Gasteiger partial charge in [-0.15, -0.1) is 0 Å². The molecule has 0 bridgehead atoms. The zero-order valence-electron chi connectivity index (χ0n) is 15.3. The van der Waals surface area contributed by atoms with Crippen molar-refractivity contribution in [3.8, 4) is 0 Å². The fourth-order valence-electron chi connectivity index (χ4n) is 5.77. The summed E-state index contributed by atoms with van der Waals surface area (Å²) in [6.07, 6.45) is 9.79. The molecule has 0 radical (unpaired) electrons. The van der Waals surface area contributed by atoms with E-state index >= 15 is 0 Å². The Labute approximate surface area is 132 Å². The molecule has 0 saturated heterocycles. The Hall–Kier alpha value is -0.0400. The van der Waals surface area contributed by atoms with Gasteiger partial charge in [-0.05, 0) is 67.1 Å². The van der Waals surface area contributed by atoms with E-state index < -0.39 is 5.60 Å². The summed E-state index contributed by atoms with van der Waals surface area (Å²) in [5, 5.41) is 11.8. The summed E-state index contributed by atoms with van der Waals surface area (Å²) in [5.74, 6) is 1.88. The number of hydrogen-bond donors (Lipinski definition) is 1. The lowest BCUT2D eigenvalue weighted by molar-refractivity contribution is -0.213. The van der Waals surface area contributed by atoms with E-state index in [-0.39, 0.29) is 5.41 Å². The van der Waals surface area contributed by atoms with Gasteiger partial charge in [0.25, 0.3) is 0 Å². The third-order valence-electron chi connectivity index (χ3n) is 7.64. The molecular formula is C20H38O. The van der Waals surface area contributed by atoms with Crippen LogP contribution >= 0.6 is 0 Å². The molecule has 2 rings (SSSR count). The van der Waals surface area contributed by atoms with Crippen molar-refractivity contribution in [1.29, 1.82) is 0 Å². The van der Waals surface area contributed by atoms with E-state index in [9.17, 15) is 5.11 Å². The van der Waals surface area contributed by atoms with E-state index in [1.54, 1.807) is 0 Å². The van der Waals surface area contributed by atoms with Gasteiger partial charge < -0.3 is 5.11 Å². The van der Waals surface area contributed by atoms with Crippen LogP contribution < -0.4 is 0 Å². The second-order valence-electron chi connectivity index (χ2n) is 9.27. The Balaban J connectivity index is 2.28. The number of hydrogen-bond acceptors (Lipinski definition) is 1. The second kappa shape index (κ2) is 5.87. The Bertz CT molecular complexity index is 361. The summed E-state index contributed by atoms with van der Waals surface area (Å²) in [4.78, 5) is 0. The maximum atomic E-state index is 11.8. The molecule has 2 fully saturated rings. The van der Waals surface area contributed by atoms with Crippen LogP contribution in [0.4, 0.5) is 0 Å². The van der Waals surface area contributed by atoms with Crippen LogP contribution in [0.15, 0.2) is 0 Å². The average Bonchev–Trinajstić information content (AvgIpc) is 2.41. The van der Waals surface area contributed by atoms with Crippen molar-refractivity contribution in [3.63, 3.8) is 0 Å². The second-order valence-corrected chi connectivity index (χ2v) is 9.27. The zero-order chi connectivity index (χ0) is 15.9. The molecule has 0 amide bonds. The highest BCUT2D eigenvalue weighted by molar-refractivity contribution is 5.10. The molecule has 2 aliphatic rings. The standard InChI is InChI=1S/C20H38O/c1-7-15(2)11-14-20(21)16(3)9-10-17-18(4,5)12-8-13-19(17,20)6/h15-17,21H,7-14H2,1-6H3/t15-,16+,17+,19+,20-/m1/s1. The molecule has 0 aliphatic heterocycles. The van der Waals surface area contributed by atoms with Gasteiger partial charge in [-0.3, -0.25) is 0 Å². The van der Waals surface area contributed by atoms with Crippen LogP contribution in [0.1, 0.15) is 92.9 Å². The molecule has 0 aromatic rings. The maximum absolute atomic E-state index is 11.8. The monoisotopic (exact) mass is 294 g/mol. The lowest BCUT2D eigenvalue weighted by atomic mass is 9.44. The van der Waals surface area contributed by atoms with Gasteiger partial charge >= 0.3 is 0 Å². The number of aliphatic hydroxyl groups is 1. The minimum atomic E-state index is -0.447. The first-order valence-electron chi connectivity index (χ1n) is 9.40. The SMILES string of the molecule is CC[C@@H](C)CC[C@@]1(O)[C@@H](C)CC[C@H]2C(C)(C)CCC[C@@]21C. The average molecular weight is 295 g/mol. The molecular weight excluding hydrogens is 256 g/mol. The topological polar surface area (TPSA) is 20.2 Å². The molecule has 1 nitrogen and oxygen atoms in total. The molecule has 0 unspecified atom stereocenters. The highest BCUT2D eigenvalue weighted by atomic mass is 16.3. The first kappa shape index (κ1) is 17.3. The van der Waals surface area contributed by atoms with Crippen LogP contribution in [-0.2, 0) is 0 Å². The van der Waals surface area contributed by atoms with E-state index in [0.717, 1.165) is 12.3 Å². The van der Waals surface area contributed by atoms with Crippen molar-refractivity contribution in [2.45, 2.75) is 98.5 Å². The molecule has 1 heteroatoms. The zero-order valence-corrected chi connectivity index (χ0v) is 15.3. The van der Waals surface area contributed by atoms with Gasteiger partial charge in [0.15, 0.2) is 0 Å². The van der Waals surface area contributed by atoms with Crippen molar-refractivity contribution < 1.29 is 5.11 Å². The molecule has 124 valence electrons. The fraction of sp³-hybridized carbons (Fsp3) is 1.00. The summed E-state index contributed by atoms with van der Waals surface area (Å²) in [7, 11) is 0. The van der Waals surface area contributed by atoms with Gasteiger partial charge in [-0.1, -0.05) is 54.4 Å². The largest absolute Gasteiger partial charge is 0.389 e. The summed E-state index contributed by atoms with van der Waals surface area (Å²) >= 11 is 0. The van der Waals surface area contributed by atoms with Crippen LogP contribution in [0.5, 0.6) is 0 Å². The van der Waals surface area contributed by atoms with Crippen molar-refractivity contribution in [2.24, 2.45) is 28.6 Å². The quantitative estimate of drug-likeness (QED) is 0.694. The molecule has 2 aliphatic carbocycles. The smallest absolute Gasteiger partial charge is 0.0729 e. The Kier molecular flexibility index (Phi) is 4.84. The third-order valence-corrected chi connectivity index (χ3v) is 7.64. The number of rotatable bonds is 4. The van der Waals surface area contributed by atoms with Crippen molar-refractivity contribution >= 4 is 0 Å². The highest BCUT2D eigenvalue weighted by Crippen LogP contribution is 2.63. The van der Waals surface area contributed by atoms with Gasteiger partial charge in [-0.2, -0.15) is 0 Å². The third kappa shape index (κ3) is 2.80. The Morgan fingerprint density at radius 3 is 2.43 bits per heavy atom. The molecule has 0 aromatic heterocycles. The molecule has 5 atom stereocenters. The predicted octanol–water partition coefficient (Wildman–Crippen LogP) is 5.81. The van der Waals surface area contributed by atoms with Crippen molar-refractivity contribution in [1.82, 2.24) is 0 Å². The van der Waals surface area contributed by atoms with Gasteiger partial charge in [0.05, 0.1) is 5.60 Å². The van der Waals surface area contributed by atoms with Gasteiger partial charge in [0.1, 0.15) is 0 Å². The van der Waals surface area contributed by atoms with Crippen LogP contribution in [0, 0.1) is 28.6 Å². The first-order chi connectivity index (χ1) is 9.67. The molecule has 2 saturated carbocycles. The molecule has 1 N–H and O–H groups in total.